The fourth-order valence-corrected chi connectivity index (χ4v) is 6.82. The summed E-state index contributed by atoms with van der Waals surface area (Å²) in [5.74, 6) is 4.13. The second-order valence-electron chi connectivity index (χ2n) is 13.4. The molecule has 14 nitrogen and oxygen atoms in total. The standard InChI is InChI=1S/C43H51N3O11/c1-9-10-11-12-13-39(55-32-17-14-25(18-34(32)49-3)42-44-30-16-15-28(48-2)23-29(30)43(47)45-42)56-41-37(52-6)21-27(22-38(41)53-7)33-24-31(46-57-33)26-19-35(50-4)40(54-8)36(20-26)51-5/h14-23,33,39,42,44H,9-13,24H2,1-8H3,(H,45,47). The van der Waals surface area contributed by atoms with Crippen LogP contribution < -0.4 is 53.3 Å². The maximum Gasteiger partial charge on any atom is 0.255 e. The van der Waals surface area contributed by atoms with Crippen molar-refractivity contribution in [2.45, 2.75) is 64.0 Å². The van der Waals surface area contributed by atoms with Crippen LogP contribution in [0.15, 0.2) is 65.8 Å². The van der Waals surface area contributed by atoms with Crippen LogP contribution in [0.25, 0.3) is 0 Å². The third kappa shape index (κ3) is 8.95. The van der Waals surface area contributed by atoms with Crippen molar-refractivity contribution in [2.75, 3.05) is 55.1 Å². The predicted octanol–water partition coefficient (Wildman–Crippen LogP) is 8.22. The van der Waals surface area contributed by atoms with Crippen molar-refractivity contribution < 1.29 is 52.3 Å². The second kappa shape index (κ2) is 18.6. The van der Waals surface area contributed by atoms with Gasteiger partial charge in [0.1, 0.15) is 11.9 Å². The average Bonchev–Trinajstić information content (AvgIpc) is 3.75. The van der Waals surface area contributed by atoms with E-state index in [1.165, 1.54) is 0 Å². The molecule has 1 amide bonds. The number of benzene rings is 4. The first-order valence-corrected chi connectivity index (χ1v) is 18.8. The first-order valence-electron chi connectivity index (χ1n) is 18.8. The molecule has 0 aliphatic carbocycles. The summed E-state index contributed by atoms with van der Waals surface area (Å²) in [7, 11) is 11.0. The van der Waals surface area contributed by atoms with Crippen LogP contribution in [0.5, 0.6) is 51.7 Å². The molecule has 0 saturated heterocycles. The summed E-state index contributed by atoms with van der Waals surface area (Å²) in [6, 6.07) is 18.3. The first-order chi connectivity index (χ1) is 27.8. The maximum absolute atomic E-state index is 13.0. The van der Waals surface area contributed by atoms with Gasteiger partial charge in [0.15, 0.2) is 40.6 Å². The van der Waals surface area contributed by atoms with Gasteiger partial charge in [0.05, 0.1) is 61.0 Å². The van der Waals surface area contributed by atoms with Crippen LogP contribution in [0.1, 0.15) is 84.8 Å². The number of nitrogens with one attached hydrogen (secondary N) is 2. The minimum atomic E-state index is -0.734. The van der Waals surface area contributed by atoms with Gasteiger partial charge in [-0.3, -0.25) is 4.79 Å². The third-order valence-electron chi connectivity index (χ3n) is 9.89. The Labute approximate surface area is 333 Å². The zero-order valence-electron chi connectivity index (χ0n) is 33.7. The number of ether oxygens (including phenoxy) is 9. The van der Waals surface area contributed by atoms with Crippen molar-refractivity contribution >= 4 is 17.3 Å². The lowest BCUT2D eigenvalue weighted by molar-refractivity contribution is -0.00763. The Balaban J connectivity index is 1.22. The van der Waals surface area contributed by atoms with Gasteiger partial charge in [0, 0.05) is 29.7 Å². The highest BCUT2D eigenvalue weighted by Gasteiger charge is 2.30. The summed E-state index contributed by atoms with van der Waals surface area (Å²) >= 11 is 0. The Morgan fingerprint density at radius 1 is 0.667 bits per heavy atom. The molecule has 0 bridgehead atoms. The summed E-state index contributed by atoms with van der Waals surface area (Å²) < 4.78 is 52.6. The van der Waals surface area contributed by atoms with Crippen LogP contribution in [0.2, 0.25) is 0 Å². The smallest absolute Gasteiger partial charge is 0.255 e. The predicted molar refractivity (Wildman–Crippen MR) is 214 cm³/mol. The van der Waals surface area contributed by atoms with Gasteiger partial charge in [-0.15, -0.1) is 0 Å². The van der Waals surface area contributed by atoms with Gasteiger partial charge >= 0.3 is 0 Å². The lowest BCUT2D eigenvalue weighted by Gasteiger charge is -2.29. The van der Waals surface area contributed by atoms with Crippen LogP contribution in [-0.2, 0) is 4.84 Å². The number of hydrogen-bond donors (Lipinski definition) is 2. The quantitative estimate of drug-likeness (QED) is 0.0698. The zero-order chi connectivity index (χ0) is 40.5. The summed E-state index contributed by atoms with van der Waals surface area (Å²) in [6.45, 7) is 2.17. The molecule has 2 heterocycles. The van der Waals surface area contributed by atoms with E-state index in [1.54, 1.807) is 55.8 Å². The molecule has 0 spiro atoms. The van der Waals surface area contributed by atoms with Gasteiger partial charge in [0.25, 0.3) is 5.91 Å². The van der Waals surface area contributed by atoms with Crippen LogP contribution in [0.3, 0.4) is 0 Å². The van der Waals surface area contributed by atoms with E-state index in [1.807, 2.05) is 54.6 Å². The number of amides is 1. The van der Waals surface area contributed by atoms with Crippen LogP contribution in [-0.4, -0.2) is 67.7 Å². The van der Waals surface area contributed by atoms with Crippen molar-refractivity contribution in [1.29, 1.82) is 0 Å². The number of methoxy groups -OCH3 is 7. The Morgan fingerprint density at radius 3 is 1.96 bits per heavy atom. The fourth-order valence-electron chi connectivity index (χ4n) is 6.82. The fraction of sp³-hybridized carbons (Fsp3) is 0.395. The van der Waals surface area contributed by atoms with Crippen LogP contribution >= 0.6 is 0 Å². The summed E-state index contributed by atoms with van der Waals surface area (Å²) in [5, 5.41) is 10.8. The highest BCUT2D eigenvalue weighted by Crippen LogP contribution is 2.45. The molecule has 2 N–H and O–H groups in total. The Bertz CT molecular complexity index is 2020. The lowest BCUT2D eigenvalue weighted by atomic mass is 9.99. The van der Waals surface area contributed by atoms with Gasteiger partial charge in [0.2, 0.25) is 17.8 Å². The molecule has 3 atom stereocenters. The number of unbranched alkanes of at least 4 members (excludes halogenated alkanes) is 3. The van der Waals surface area contributed by atoms with Crippen LogP contribution in [0, 0.1) is 0 Å². The molecule has 0 saturated carbocycles. The van der Waals surface area contributed by atoms with Crippen molar-refractivity contribution in [3.05, 3.63) is 82.9 Å². The zero-order valence-corrected chi connectivity index (χ0v) is 33.7. The SMILES string of the molecule is CCCCCCC(Oc1ccc(C2NC(=O)c3cc(OC)ccc3N2)cc1OC)Oc1c(OC)cc(C2CC(c3cc(OC)c(OC)c(OC)c3)=NO2)cc1OC. The normalized spacial score (nSPS) is 16.1. The average molecular weight is 786 g/mol. The van der Waals surface area contributed by atoms with Gasteiger partial charge in [-0.2, -0.15) is 0 Å². The van der Waals surface area contributed by atoms with Crippen molar-refractivity contribution in [1.82, 2.24) is 5.32 Å². The molecule has 304 valence electrons. The number of rotatable bonds is 19. The Kier molecular flexibility index (Phi) is 13.2. The van der Waals surface area contributed by atoms with E-state index in [4.69, 9.17) is 47.5 Å². The minimum Gasteiger partial charge on any atom is -0.497 e. The van der Waals surface area contributed by atoms with E-state index in [9.17, 15) is 4.79 Å². The summed E-state index contributed by atoms with van der Waals surface area (Å²) in [6.07, 6.45) is 3.43. The summed E-state index contributed by atoms with van der Waals surface area (Å²) in [4.78, 5) is 19.0. The molecular formula is C43H51N3O11. The molecule has 0 fully saturated rings. The lowest BCUT2D eigenvalue weighted by Crippen LogP contribution is -2.38. The molecule has 14 heteroatoms. The van der Waals surface area contributed by atoms with Crippen LogP contribution in [0.4, 0.5) is 5.69 Å². The topological polar surface area (TPSA) is 146 Å². The molecule has 2 aliphatic heterocycles. The number of anilines is 1. The van der Waals surface area contributed by atoms with E-state index in [2.05, 4.69) is 22.7 Å². The van der Waals surface area contributed by atoms with E-state index in [0.29, 0.717) is 81.5 Å². The van der Waals surface area contributed by atoms with Crippen molar-refractivity contribution in [3.8, 4) is 51.7 Å². The number of oxime groups is 1. The molecule has 0 radical (unpaired) electrons. The molecule has 3 unspecified atom stereocenters. The van der Waals surface area contributed by atoms with Gasteiger partial charge in [-0.25, -0.2) is 0 Å². The monoisotopic (exact) mass is 785 g/mol. The van der Waals surface area contributed by atoms with E-state index in [-0.39, 0.29) is 5.91 Å². The highest BCUT2D eigenvalue weighted by molar-refractivity contribution is 6.03. The number of carbonyl (C=O) groups is 1. The highest BCUT2D eigenvalue weighted by atomic mass is 16.7. The van der Waals surface area contributed by atoms with Gasteiger partial charge in [-0.1, -0.05) is 37.4 Å². The number of hydrogen-bond acceptors (Lipinski definition) is 13. The number of carbonyl (C=O) groups excluding carboxylic acids is 1. The van der Waals surface area contributed by atoms with Crippen molar-refractivity contribution in [3.63, 3.8) is 0 Å². The minimum absolute atomic E-state index is 0.215. The molecule has 57 heavy (non-hydrogen) atoms. The van der Waals surface area contributed by atoms with E-state index >= 15 is 0 Å². The molecule has 6 rings (SSSR count). The third-order valence-corrected chi connectivity index (χ3v) is 9.89. The summed E-state index contributed by atoms with van der Waals surface area (Å²) in [5.41, 5.74) is 4.26. The van der Waals surface area contributed by atoms with E-state index < -0.39 is 18.6 Å². The van der Waals surface area contributed by atoms with E-state index in [0.717, 1.165) is 42.4 Å². The first kappa shape index (κ1) is 40.5. The van der Waals surface area contributed by atoms with Gasteiger partial charge in [-0.05, 0) is 66.6 Å². The van der Waals surface area contributed by atoms with Gasteiger partial charge < -0.3 is 58.1 Å². The molecule has 4 aromatic carbocycles. The number of fused-ring (bicyclic) bond motifs is 1. The Hall–Kier alpha value is -6.18. The molecule has 4 aromatic rings. The molecule has 0 aromatic heterocycles. The second-order valence-corrected chi connectivity index (χ2v) is 13.4. The molecule has 2 aliphatic rings. The Morgan fingerprint density at radius 2 is 1.33 bits per heavy atom. The van der Waals surface area contributed by atoms with Crippen molar-refractivity contribution in [2.24, 2.45) is 5.16 Å². The number of nitrogens with zero attached hydrogens (tertiary/aromatic N) is 1. The largest absolute Gasteiger partial charge is 0.497 e. The molecular weight excluding hydrogens is 734 g/mol. The maximum atomic E-state index is 13.0.